The van der Waals surface area contributed by atoms with Crippen molar-refractivity contribution in [2.45, 2.75) is 117 Å². The predicted molar refractivity (Wildman–Crippen MR) is 142 cm³/mol. The number of ether oxygens (including phenoxy) is 1. The van der Waals surface area contributed by atoms with Gasteiger partial charge in [-0.05, 0) is 30.7 Å². The minimum absolute atomic E-state index is 0.359. The van der Waals surface area contributed by atoms with E-state index in [2.05, 4.69) is 55.0 Å². The Hall–Kier alpha value is -1.97. The largest absolute Gasteiger partial charge is 0.490 e. The molecule has 2 rings (SSSR count). The van der Waals surface area contributed by atoms with Gasteiger partial charge in [0, 0.05) is 12.0 Å². The third-order valence-corrected chi connectivity index (χ3v) is 6.57. The Bertz CT molecular complexity index is 747. The van der Waals surface area contributed by atoms with E-state index in [0.29, 0.717) is 36.9 Å². The zero-order valence-electron chi connectivity index (χ0n) is 21.9. The van der Waals surface area contributed by atoms with E-state index in [4.69, 9.17) is 4.74 Å². The van der Waals surface area contributed by atoms with Crippen molar-refractivity contribution in [1.29, 1.82) is 0 Å². The van der Waals surface area contributed by atoms with Crippen molar-refractivity contribution >= 4 is 0 Å². The second kappa shape index (κ2) is 17.5. The van der Waals surface area contributed by atoms with Gasteiger partial charge in [0.2, 0.25) is 0 Å². The standard InChI is InChI=1S/C30H47FN2O/c1-4-6-8-9-10-11-12-13-15-26-16-18-27(19-17-26)30-32-23-29(24-33-30)34-21-20-28(31)22-25(3)14-7-5-2/h16-19,23-25,28H,4-15,20-22H2,1-3H3. The number of nitrogens with zero attached hydrogens (tertiary/aromatic N) is 2. The Balaban J connectivity index is 1.66. The van der Waals surface area contributed by atoms with Crippen LogP contribution in [-0.4, -0.2) is 22.7 Å². The molecule has 4 heteroatoms. The molecule has 3 nitrogen and oxygen atoms in total. The van der Waals surface area contributed by atoms with E-state index in [0.717, 1.165) is 18.4 Å². The van der Waals surface area contributed by atoms with Crippen LogP contribution in [0.15, 0.2) is 36.7 Å². The van der Waals surface area contributed by atoms with Crippen molar-refractivity contribution < 1.29 is 9.13 Å². The average molecular weight is 471 g/mol. The molecule has 1 aromatic carbocycles. The van der Waals surface area contributed by atoms with E-state index in [1.54, 1.807) is 12.4 Å². The van der Waals surface area contributed by atoms with Gasteiger partial charge in [-0.15, -0.1) is 0 Å². The number of hydrogen-bond donors (Lipinski definition) is 0. The van der Waals surface area contributed by atoms with Crippen LogP contribution in [0.25, 0.3) is 11.4 Å². The monoisotopic (exact) mass is 470 g/mol. The highest BCUT2D eigenvalue weighted by atomic mass is 19.1. The number of unbranched alkanes of at least 4 members (excludes halogenated alkanes) is 8. The minimum Gasteiger partial charge on any atom is -0.490 e. The summed E-state index contributed by atoms with van der Waals surface area (Å²) in [6.07, 6.45) is 19.0. The van der Waals surface area contributed by atoms with Gasteiger partial charge in [-0.2, -0.15) is 0 Å². The van der Waals surface area contributed by atoms with E-state index < -0.39 is 6.17 Å². The first-order valence-corrected chi connectivity index (χ1v) is 13.8. The van der Waals surface area contributed by atoms with Crippen molar-refractivity contribution in [3.05, 3.63) is 42.2 Å². The predicted octanol–water partition coefficient (Wildman–Crippen LogP) is 9.15. The summed E-state index contributed by atoms with van der Waals surface area (Å²) in [6, 6.07) is 8.58. The fourth-order valence-electron chi connectivity index (χ4n) is 4.35. The van der Waals surface area contributed by atoms with Gasteiger partial charge in [-0.1, -0.05) is 109 Å². The number of halogens is 1. The fourth-order valence-corrected chi connectivity index (χ4v) is 4.35. The number of aromatic nitrogens is 2. The van der Waals surface area contributed by atoms with Gasteiger partial charge >= 0.3 is 0 Å². The van der Waals surface area contributed by atoms with Crippen molar-refractivity contribution in [2.24, 2.45) is 5.92 Å². The zero-order valence-corrected chi connectivity index (χ0v) is 21.9. The van der Waals surface area contributed by atoms with E-state index in [-0.39, 0.29) is 0 Å². The Morgan fingerprint density at radius 3 is 2.06 bits per heavy atom. The summed E-state index contributed by atoms with van der Waals surface area (Å²) in [6.45, 7) is 6.94. The Morgan fingerprint density at radius 1 is 0.794 bits per heavy atom. The number of aryl methyl sites for hydroxylation is 1. The normalized spacial score (nSPS) is 13.1. The molecule has 0 fully saturated rings. The molecular weight excluding hydrogens is 423 g/mol. The molecule has 0 N–H and O–H groups in total. The van der Waals surface area contributed by atoms with E-state index in [1.165, 1.54) is 69.8 Å². The lowest BCUT2D eigenvalue weighted by molar-refractivity contribution is 0.204. The molecule has 0 aliphatic heterocycles. The van der Waals surface area contributed by atoms with Crippen LogP contribution in [0.5, 0.6) is 5.75 Å². The van der Waals surface area contributed by atoms with Crippen molar-refractivity contribution in [3.8, 4) is 17.1 Å². The summed E-state index contributed by atoms with van der Waals surface area (Å²) in [5.74, 6) is 1.73. The molecule has 1 heterocycles. The third kappa shape index (κ3) is 11.9. The Labute approximate surface area is 208 Å². The molecule has 0 bridgehead atoms. The summed E-state index contributed by atoms with van der Waals surface area (Å²) in [4.78, 5) is 8.89. The number of alkyl halides is 1. The quantitative estimate of drug-likeness (QED) is 0.192. The van der Waals surface area contributed by atoms with Gasteiger partial charge in [0.25, 0.3) is 0 Å². The number of benzene rings is 1. The topological polar surface area (TPSA) is 35.0 Å². The molecule has 0 saturated carbocycles. The molecule has 0 spiro atoms. The van der Waals surface area contributed by atoms with Gasteiger partial charge in [-0.3, -0.25) is 0 Å². The van der Waals surface area contributed by atoms with Crippen LogP contribution in [0.3, 0.4) is 0 Å². The van der Waals surface area contributed by atoms with Gasteiger partial charge < -0.3 is 4.74 Å². The zero-order chi connectivity index (χ0) is 24.4. The van der Waals surface area contributed by atoms with Crippen molar-refractivity contribution in [2.75, 3.05) is 6.61 Å². The van der Waals surface area contributed by atoms with Gasteiger partial charge in [-0.25, -0.2) is 14.4 Å². The van der Waals surface area contributed by atoms with Crippen LogP contribution in [0.1, 0.15) is 110 Å². The summed E-state index contributed by atoms with van der Waals surface area (Å²) in [5.41, 5.74) is 2.38. The summed E-state index contributed by atoms with van der Waals surface area (Å²) >= 11 is 0. The van der Waals surface area contributed by atoms with E-state index >= 15 is 0 Å². The van der Waals surface area contributed by atoms with Crippen LogP contribution in [0.2, 0.25) is 0 Å². The first-order valence-electron chi connectivity index (χ1n) is 13.8. The highest BCUT2D eigenvalue weighted by molar-refractivity contribution is 5.55. The first kappa shape index (κ1) is 28.3. The molecule has 0 saturated heterocycles. The van der Waals surface area contributed by atoms with E-state index in [1.807, 2.05) is 0 Å². The fraction of sp³-hybridized carbons (Fsp3) is 0.667. The number of hydrogen-bond acceptors (Lipinski definition) is 3. The molecule has 1 aromatic heterocycles. The second-order valence-corrected chi connectivity index (χ2v) is 9.88. The molecular formula is C30H47FN2O. The maximum absolute atomic E-state index is 14.2. The molecule has 0 aliphatic carbocycles. The Morgan fingerprint density at radius 2 is 1.41 bits per heavy atom. The molecule has 0 aliphatic rings. The minimum atomic E-state index is -0.809. The Kier molecular flexibility index (Phi) is 14.5. The SMILES string of the molecule is CCCCCCCCCCc1ccc(-c2ncc(OCCC(F)CC(C)CCCC)cn2)cc1. The van der Waals surface area contributed by atoms with Crippen LogP contribution < -0.4 is 4.74 Å². The van der Waals surface area contributed by atoms with Crippen LogP contribution in [-0.2, 0) is 6.42 Å². The van der Waals surface area contributed by atoms with Crippen LogP contribution in [0.4, 0.5) is 4.39 Å². The van der Waals surface area contributed by atoms with Crippen molar-refractivity contribution in [1.82, 2.24) is 9.97 Å². The number of rotatable bonds is 19. The highest BCUT2D eigenvalue weighted by Crippen LogP contribution is 2.20. The molecule has 2 aromatic rings. The molecule has 34 heavy (non-hydrogen) atoms. The lowest BCUT2D eigenvalue weighted by atomic mass is 9.97. The lowest BCUT2D eigenvalue weighted by Gasteiger charge is -2.14. The lowest BCUT2D eigenvalue weighted by Crippen LogP contribution is -2.12. The molecule has 0 amide bonds. The highest BCUT2D eigenvalue weighted by Gasteiger charge is 2.12. The summed E-state index contributed by atoms with van der Waals surface area (Å²) < 4.78 is 19.8. The van der Waals surface area contributed by atoms with Gasteiger partial charge in [0.15, 0.2) is 11.6 Å². The maximum atomic E-state index is 14.2. The van der Waals surface area contributed by atoms with Gasteiger partial charge in [0.1, 0.15) is 6.17 Å². The molecule has 190 valence electrons. The summed E-state index contributed by atoms with van der Waals surface area (Å²) in [5, 5.41) is 0. The van der Waals surface area contributed by atoms with Crippen LogP contribution >= 0.6 is 0 Å². The first-order chi connectivity index (χ1) is 16.6. The molecule has 2 unspecified atom stereocenters. The average Bonchev–Trinajstić information content (AvgIpc) is 2.85. The molecule has 2 atom stereocenters. The summed E-state index contributed by atoms with van der Waals surface area (Å²) in [7, 11) is 0. The third-order valence-electron chi connectivity index (χ3n) is 6.57. The van der Waals surface area contributed by atoms with Gasteiger partial charge in [0.05, 0.1) is 19.0 Å². The van der Waals surface area contributed by atoms with E-state index in [9.17, 15) is 4.39 Å². The van der Waals surface area contributed by atoms with Crippen LogP contribution in [0, 0.1) is 5.92 Å². The smallest absolute Gasteiger partial charge is 0.159 e. The second-order valence-electron chi connectivity index (χ2n) is 9.88. The molecule has 0 radical (unpaired) electrons. The van der Waals surface area contributed by atoms with Crippen molar-refractivity contribution in [3.63, 3.8) is 0 Å². The maximum Gasteiger partial charge on any atom is 0.159 e.